The Morgan fingerprint density at radius 3 is 2.67 bits per heavy atom. The van der Waals surface area contributed by atoms with Crippen LogP contribution in [0, 0.1) is 4.91 Å². The van der Waals surface area contributed by atoms with Crippen molar-refractivity contribution < 1.29 is 9.57 Å². The molecule has 0 fully saturated rings. The molecule has 0 saturated heterocycles. The number of rotatable bonds is 8. The molecule has 0 spiro atoms. The number of benzene rings is 2. The highest BCUT2D eigenvalue weighted by Crippen LogP contribution is 2.25. The van der Waals surface area contributed by atoms with Crippen LogP contribution in [0.3, 0.4) is 0 Å². The quantitative estimate of drug-likeness (QED) is 0.598. The molecule has 2 rings (SSSR count). The van der Waals surface area contributed by atoms with Crippen molar-refractivity contribution in [1.29, 1.82) is 0 Å². The molecule has 2 aromatic rings. The van der Waals surface area contributed by atoms with E-state index in [1.807, 2.05) is 56.3 Å². The van der Waals surface area contributed by atoms with Crippen LogP contribution in [0.1, 0.15) is 13.8 Å². The molecule has 0 radical (unpaired) electrons. The fraction of sp³-hybridized carbons (Fsp3) is 0.375. The summed E-state index contributed by atoms with van der Waals surface area (Å²) in [5, 5.41) is 7.87. The van der Waals surface area contributed by atoms with Crippen LogP contribution in [0.15, 0.2) is 47.8 Å². The Balaban J connectivity index is 2.03. The molecule has 2 aromatic carbocycles. The SMILES string of the molecule is CC(C)NCC(COc1cccc2ccccc12)ON=O. The average molecular weight is 288 g/mol. The van der Waals surface area contributed by atoms with E-state index >= 15 is 0 Å². The van der Waals surface area contributed by atoms with Gasteiger partial charge in [0.05, 0.1) is 0 Å². The minimum absolute atomic E-state index is 0.263. The van der Waals surface area contributed by atoms with Gasteiger partial charge in [0.2, 0.25) is 0 Å². The molecule has 0 amide bonds. The van der Waals surface area contributed by atoms with Crippen molar-refractivity contribution in [1.82, 2.24) is 5.32 Å². The summed E-state index contributed by atoms with van der Waals surface area (Å²) in [7, 11) is 0. The van der Waals surface area contributed by atoms with Crippen LogP contribution in [0.4, 0.5) is 0 Å². The number of nitrogens with one attached hydrogen (secondary N) is 1. The highest BCUT2D eigenvalue weighted by molar-refractivity contribution is 5.88. The highest BCUT2D eigenvalue weighted by atomic mass is 16.7. The lowest BCUT2D eigenvalue weighted by Crippen LogP contribution is -2.36. The molecule has 1 N–H and O–H groups in total. The second kappa shape index (κ2) is 7.59. The predicted octanol–water partition coefficient (Wildman–Crippen LogP) is 3.28. The van der Waals surface area contributed by atoms with E-state index in [1.54, 1.807) is 0 Å². The molecule has 0 aromatic heterocycles. The van der Waals surface area contributed by atoms with Crippen LogP contribution in [0.25, 0.3) is 10.8 Å². The van der Waals surface area contributed by atoms with Crippen molar-refractivity contribution in [2.24, 2.45) is 5.34 Å². The first kappa shape index (κ1) is 15.3. The molecule has 1 atom stereocenters. The summed E-state index contributed by atoms with van der Waals surface area (Å²) in [4.78, 5) is 15.1. The first-order chi connectivity index (χ1) is 10.2. The Kier molecular flexibility index (Phi) is 5.51. The Bertz CT molecular complexity index is 581. The fourth-order valence-electron chi connectivity index (χ4n) is 2.06. The zero-order valence-corrected chi connectivity index (χ0v) is 12.3. The van der Waals surface area contributed by atoms with E-state index < -0.39 is 6.10 Å². The van der Waals surface area contributed by atoms with Crippen LogP contribution in [-0.4, -0.2) is 25.3 Å². The lowest BCUT2D eigenvalue weighted by atomic mass is 10.1. The molecule has 0 bridgehead atoms. The Hall–Kier alpha value is -2.14. The Morgan fingerprint density at radius 1 is 1.14 bits per heavy atom. The predicted molar refractivity (Wildman–Crippen MR) is 83.2 cm³/mol. The Labute approximate surface area is 124 Å². The summed E-state index contributed by atoms with van der Waals surface area (Å²) in [5.74, 6) is 0.775. The molecule has 21 heavy (non-hydrogen) atoms. The first-order valence-corrected chi connectivity index (χ1v) is 7.03. The summed E-state index contributed by atoms with van der Waals surface area (Å²) in [6, 6.07) is 14.2. The summed E-state index contributed by atoms with van der Waals surface area (Å²) in [6.07, 6.45) is -0.413. The second-order valence-electron chi connectivity index (χ2n) is 5.15. The number of hydrogen-bond acceptors (Lipinski definition) is 5. The van der Waals surface area contributed by atoms with Gasteiger partial charge in [0, 0.05) is 18.0 Å². The zero-order valence-electron chi connectivity index (χ0n) is 12.3. The van der Waals surface area contributed by atoms with E-state index in [-0.39, 0.29) is 6.61 Å². The second-order valence-corrected chi connectivity index (χ2v) is 5.15. The number of fused-ring (bicyclic) bond motifs is 1. The van der Waals surface area contributed by atoms with E-state index in [4.69, 9.17) is 9.57 Å². The number of hydrogen-bond donors (Lipinski definition) is 1. The molecular weight excluding hydrogens is 268 g/mol. The van der Waals surface area contributed by atoms with Gasteiger partial charge in [0.1, 0.15) is 12.4 Å². The van der Waals surface area contributed by atoms with Gasteiger partial charge in [-0.15, -0.1) is 4.91 Å². The number of ether oxygens (including phenoxy) is 1. The minimum atomic E-state index is -0.413. The molecule has 0 aliphatic carbocycles. The van der Waals surface area contributed by atoms with Crippen LogP contribution >= 0.6 is 0 Å². The van der Waals surface area contributed by atoms with Gasteiger partial charge in [-0.05, 0) is 11.5 Å². The maximum Gasteiger partial charge on any atom is 0.176 e. The van der Waals surface area contributed by atoms with Gasteiger partial charge in [-0.2, -0.15) is 0 Å². The highest BCUT2D eigenvalue weighted by Gasteiger charge is 2.13. The first-order valence-electron chi connectivity index (χ1n) is 7.03. The molecule has 5 nitrogen and oxygen atoms in total. The fourth-order valence-corrected chi connectivity index (χ4v) is 2.06. The topological polar surface area (TPSA) is 59.9 Å². The normalized spacial score (nSPS) is 12.3. The minimum Gasteiger partial charge on any atom is -0.489 e. The van der Waals surface area contributed by atoms with Crippen molar-refractivity contribution in [3.8, 4) is 5.75 Å². The molecule has 112 valence electrons. The van der Waals surface area contributed by atoms with E-state index in [9.17, 15) is 4.91 Å². The summed E-state index contributed by atoms with van der Waals surface area (Å²) >= 11 is 0. The molecule has 5 heteroatoms. The van der Waals surface area contributed by atoms with E-state index in [0.29, 0.717) is 12.6 Å². The maximum atomic E-state index is 10.3. The van der Waals surface area contributed by atoms with Gasteiger partial charge in [0.15, 0.2) is 11.4 Å². The van der Waals surface area contributed by atoms with E-state index in [0.717, 1.165) is 16.5 Å². The molecular formula is C16H20N2O3. The molecule has 0 heterocycles. The standard InChI is InChI=1S/C16H20N2O3/c1-12(2)17-10-14(21-18-19)11-20-16-9-5-7-13-6-3-4-8-15(13)16/h3-9,12,14,17H,10-11H2,1-2H3. The van der Waals surface area contributed by atoms with Gasteiger partial charge in [-0.3, -0.25) is 0 Å². The molecule has 0 saturated carbocycles. The monoisotopic (exact) mass is 288 g/mol. The van der Waals surface area contributed by atoms with Crippen LogP contribution in [-0.2, 0) is 4.84 Å². The third-order valence-electron chi connectivity index (χ3n) is 3.12. The van der Waals surface area contributed by atoms with Crippen molar-refractivity contribution in [3.05, 3.63) is 47.4 Å². The number of nitrogens with zero attached hydrogens (tertiary/aromatic N) is 1. The van der Waals surface area contributed by atoms with E-state index in [2.05, 4.69) is 10.7 Å². The lowest BCUT2D eigenvalue weighted by molar-refractivity contribution is 0.0211. The summed E-state index contributed by atoms with van der Waals surface area (Å²) in [6.45, 7) is 4.82. The van der Waals surface area contributed by atoms with Gasteiger partial charge >= 0.3 is 0 Å². The molecule has 0 aliphatic rings. The van der Waals surface area contributed by atoms with Gasteiger partial charge in [0.25, 0.3) is 0 Å². The molecule has 0 aliphatic heterocycles. The summed E-state index contributed by atoms with van der Waals surface area (Å²) < 4.78 is 5.80. The van der Waals surface area contributed by atoms with Crippen molar-refractivity contribution >= 4 is 10.8 Å². The van der Waals surface area contributed by atoms with Gasteiger partial charge in [-0.1, -0.05) is 50.2 Å². The van der Waals surface area contributed by atoms with Crippen LogP contribution in [0.5, 0.6) is 5.75 Å². The van der Waals surface area contributed by atoms with Gasteiger partial charge in [-0.25, -0.2) is 0 Å². The third-order valence-corrected chi connectivity index (χ3v) is 3.12. The van der Waals surface area contributed by atoms with Crippen molar-refractivity contribution in [2.75, 3.05) is 13.2 Å². The maximum absolute atomic E-state index is 10.3. The third kappa shape index (κ3) is 4.43. The lowest BCUT2D eigenvalue weighted by Gasteiger charge is -2.17. The van der Waals surface area contributed by atoms with Crippen LogP contribution in [0.2, 0.25) is 0 Å². The average Bonchev–Trinajstić information content (AvgIpc) is 2.50. The summed E-state index contributed by atoms with van der Waals surface area (Å²) in [5.41, 5.74) is 0. The zero-order chi connectivity index (χ0) is 15.1. The van der Waals surface area contributed by atoms with Crippen LogP contribution < -0.4 is 10.1 Å². The van der Waals surface area contributed by atoms with E-state index in [1.165, 1.54) is 0 Å². The van der Waals surface area contributed by atoms with Crippen molar-refractivity contribution in [2.45, 2.75) is 26.0 Å². The Morgan fingerprint density at radius 2 is 1.90 bits per heavy atom. The largest absolute Gasteiger partial charge is 0.489 e. The molecule has 1 unspecified atom stereocenters. The smallest absolute Gasteiger partial charge is 0.176 e. The van der Waals surface area contributed by atoms with Gasteiger partial charge < -0.3 is 14.9 Å². The van der Waals surface area contributed by atoms with Crippen molar-refractivity contribution in [3.63, 3.8) is 0 Å².